The van der Waals surface area contributed by atoms with Crippen molar-refractivity contribution in [2.24, 2.45) is 5.92 Å². The number of fused-ring (bicyclic) bond motifs is 4. The van der Waals surface area contributed by atoms with Gasteiger partial charge in [0.25, 0.3) is 0 Å². The van der Waals surface area contributed by atoms with E-state index in [4.69, 9.17) is 0 Å². The average Bonchev–Trinajstić information content (AvgIpc) is 2.49. The smallest absolute Gasteiger partial charge is 0.0173 e. The molecule has 126 valence electrons. The molecular formula is C22H33N. The highest BCUT2D eigenvalue weighted by Crippen LogP contribution is 2.49. The Bertz CT molecular complexity index is 608. The van der Waals surface area contributed by atoms with Crippen LogP contribution < -0.4 is 0 Å². The minimum Gasteiger partial charge on any atom is -0.296 e. The van der Waals surface area contributed by atoms with Crippen molar-refractivity contribution in [3.05, 3.63) is 46.5 Å². The average molecular weight is 312 g/mol. The maximum absolute atomic E-state index is 2.72. The summed E-state index contributed by atoms with van der Waals surface area (Å²) in [5.74, 6) is 1.35. The van der Waals surface area contributed by atoms with Gasteiger partial charge in [-0.25, -0.2) is 0 Å². The van der Waals surface area contributed by atoms with Crippen LogP contribution in [0.3, 0.4) is 0 Å². The molecule has 0 saturated carbocycles. The number of nitrogens with zero attached hydrogens (tertiary/aromatic N) is 1. The van der Waals surface area contributed by atoms with Crippen LogP contribution in [0, 0.1) is 5.92 Å². The van der Waals surface area contributed by atoms with Gasteiger partial charge in [-0.1, -0.05) is 57.5 Å². The first kappa shape index (κ1) is 16.8. The van der Waals surface area contributed by atoms with E-state index in [1.165, 1.54) is 30.5 Å². The number of hydrogen-bond donors (Lipinski definition) is 0. The number of benzene rings is 1. The SMILES string of the molecule is CC(C)=CCN1CCC2(C)c3cc(C(C)C)ccc3CC1C2C. The van der Waals surface area contributed by atoms with Crippen LogP contribution in [0.1, 0.15) is 70.6 Å². The van der Waals surface area contributed by atoms with Crippen LogP contribution in [-0.2, 0) is 11.8 Å². The highest BCUT2D eigenvalue weighted by Gasteiger charge is 2.48. The Morgan fingerprint density at radius 3 is 2.74 bits per heavy atom. The lowest BCUT2D eigenvalue weighted by Gasteiger charge is -2.54. The van der Waals surface area contributed by atoms with Crippen LogP contribution in [0.15, 0.2) is 29.8 Å². The third-order valence-electron chi connectivity index (χ3n) is 6.55. The van der Waals surface area contributed by atoms with E-state index in [0.717, 1.165) is 12.5 Å². The molecule has 1 aromatic carbocycles. The van der Waals surface area contributed by atoms with E-state index < -0.39 is 0 Å². The molecule has 3 rings (SSSR count). The van der Waals surface area contributed by atoms with E-state index in [9.17, 15) is 0 Å². The van der Waals surface area contributed by atoms with Gasteiger partial charge in [-0.2, -0.15) is 0 Å². The summed E-state index contributed by atoms with van der Waals surface area (Å²) in [6.45, 7) is 16.4. The van der Waals surface area contributed by atoms with Crippen LogP contribution in [0.2, 0.25) is 0 Å². The van der Waals surface area contributed by atoms with Gasteiger partial charge in [0.2, 0.25) is 0 Å². The van der Waals surface area contributed by atoms with E-state index in [2.05, 4.69) is 70.7 Å². The Morgan fingerprint density at radius 2 is 2.09 bits per heavy atom. The molecule has 0 radical (unpaired) electrons. The quantitative estimate of drug-likeness (QED) is 0.685. The molecule has 0 aromatic heterocycles. The van der Waals surface area contributed by atoms with Crippen LogP contribution in [0.25, 0.3) is 0 Å². The molecule has 0 N–H and O–H groups in total. The molecule has 3 atom stereocenters. The van der Waals surface area contributed by atoms with Gasteiger partial charge in [-0.3, -0.25) is 4.90 Å². The molecule has 2 bridgehead atoms. The zero-order valence-corrected chi connectivity index (χ0v) is 15.8. The Balaban J connectivity index is 1.96. The molecule has 1 fully saturated rings. The molecule has 3 unspecified atom stereocenters. The highest BCUT2D eigenvalue weighted by atomic mass is 15.2. The normalized spacial score (nSPS) is 30.2. The third kappa shape index (κ3) is 2.89. The van der Waals surface area contributed by atoms with Gasteiger partial charge >= 0.3 is 0 Å². The van der Waals surface area contributed by atoms with Gasteiger partial charge in [0, 0.05) is 12.6 Å². The zero-order valence-electron chi connectivity index (χ0n) is 15.8. The largest absolute Gasteiger partial charge is 0.296 e. The van der Waals surface area contributed by atoms with Crippen molar-refractivity contribution < 1.29 is 0 Å². The number of rotatable bonds is 3. The summed E-state index contributed by atoms with van der Waals surface area (Å²) >= 11 is 0. The molecule has 23 heavy (non-hydrogen) atoms. The summed E-state index contributed by atoms with van der Waals surface area (Å²) < 4.78 is 0. The number of hydrogen-bond acceptors (Lipinski definition) is 1. The first-order valence-corrected chi connectivity index (χ1v) is 9.33. The minimum absolute atomic E-state index is 0.352. The summed E-state index contributed by atoms with van der Waals surface area (Å²) in [5.41, 5.74) is 6.53. The summed E-state index contributed by atoms with van der Waals surface area (Å²) in [6.07, 6.45) is 4.91. The van der Waals surface area contributed by atoms with Gasteiger partial charge in [-0.15, -0.1) is 0 Å². The minimum atomic E-state index is 0.352. The maximum Gasteiger partial charge on any atom is 0.0173 e. The summed E-state index contributed by atoms with van der Waals surface area (Å²) in [5, 5.41) is 0. The molecule has 1 heteroatoms. The van der Waals surface area contributed by atoms with Crippen molar-refractivity contribution in [1.82, 2.24) is 4.90 Å². The molecule has 0 spiro atoms. The predicted molar refractivity (Wildman–Crippen MR) is 100 cm³/mol. The van der Waals surface area contributed by atoms with Crippen molar-refractivity contribution in [3.63, 3.8) is 0 Å². The van der Waals surface area contributed by atoms with Crippen LogP contribution in [0.5, 0.6) is 0 Å². The molecule has 1 aliphatic heterocycles. The van der Waals surface area contributed by atoms with E-state index in [1.807, 2.05) is 0 Å². The standard InChI is InChI=1S/C22H33N/c1-15(2)9-11-23-12-10-22(6)17(5)21(23)14-19-8-7-18(16(3)4)13-20(19)22/h7-9,13,16-17,21H,10-12,14H2,1-6H3. The second kappa shape index (κ2) is 6.09. The Morgan fingerprint density at radius 1 is 1.35 bits per heavy atom. The van der Waals surface area contributed by atoms with Crippen LogP contribution in [-0.4, -0.2) is 24.0 Å². The van der Waals surface area contributed by atoms with Gasteiger partial charge in [0.05, 0.1) is 0 Å². The van der Waals surface area contributed by atoms with Crippen molar-refractivity contribution in [3.8, 4) is 0 Å². The van der Waals surface area contributed by atoms with E-state index in [0.29, 0.717) is 17.4 Å². The second-order valence-electron chi connectivity index (χ2n) is 8.58. The van der Waals surface area contributed by atoms with Gasteiger partial charge in [-0.05, 0) is 67.2 Å². The Kier molecular flexibility index (Phi) is 4.44. The molecular weight excluding hydrogens is 278 g/mol. The van der Waals surface area contributed by atoms with Crippen molar-refractivity contribution in [2.45, 2.75) is 71.8 Å². The predicted octanol–water partition coefficient (Wildman–Crippen LogP) is 5.30. The summed E-state index contributed by atoms with van der Waals surface area (Å²) in [7, 11) is 0. The Hall–Kier alpha value is -1.08. The lowest BCUT2D eigenvalue weighted by molar-refractivity contribution is 0.0397. The van der Waals surface area contributed by atoms with Crippen molar-refractivity contribution >= 4 is 0 Å². The number of allylic oxidation sites excluding steroid dienone is 1. The van der Waals surface area contributed by atoms with Crippen molar-refractivity contribution in [1.29, 1.82) is 0 Å². The monoisotopic (exact) mass is 311 g/mol. The summed E-state index contributed by atoms with van der Waals surface area (Å²) in [4.78, 5) is 2.72. The molecule has 1 aliphatic carbocycles. The first-order valence-electron chi connectivity index (χ1n) is 9.33. The van der Waals surface area contributed by atoms with Gasteiger partial charge < -0.3 is 0 Å². The topological polar surface area (TPSA) is 3.24 Å². The van der Waals surface area contributed by atoms with Gasteiger partial charge in [0.15, 0.2) is 0 Å². The molecule has 2 aliphatic rings. The lowest BCUT2D eigenvalue weighted by Crippen LogP contribution is -2.57. The summed E-state index contributed by atoms with van der Waals surface area (Å²) in [6, 6.07) is 8.01. The number of likely N-dealkylation sites (tertiary alicyclic amines) is 1. The molecule has 1 aromatic rings. The third-order valence-corrected chi connectivity index (χ3v) is 6.55. The second-order valence-corrected chi connectivity index (χ2v) is 8.58. The van der Waals surface area contributed by atoms with Crippen molar-refractivity contribution in [2.75, 3.05) is 13.1 Å². The maximum atomic E-state index is 2.72. The fourth-order valence-electron chi connectivity index (χ4n) is 4.61. The highest BCUT2D eigenvalue weighted by molar-refractivity contribution is 5.43. The first-order chi connectivity index (χ1) is 10.8. The van der Waals surface area contributed by atoms with Gasteiger partial charge in [0.1, 0.15) is 0 Å². The fourth-order valence-corrected chi connectivity index (χ4v) is 4.61. The zero-order chi connectivity index (χ0) is 16.8. The van der Waals surface area contributed by atoms with E-state index in [-0.39, 0.29) is 0 Å². The van der Waals surface area contributed by atoms with Crippen LogP contribution in [0.4, 0.5) is 0 Å². The number of piperidine rings is 1. The van der Waals surface area contributed by atoms with E-state index >= 15 is 0 Å². The van der Waals surface area contributed by atoms with E-state index in [1.54, 1.807) is 11.1 Å². The molecule has 1 heterocycles. The fraction of sp³-hybridized carbons (Fsp3) is 0.636. The van der Waals surface area contributed by atoms with Crippen LogP contribution >= 0.6 is 0 Å². The molecule has 1 nitrogen and oxygen atoms in total. The lowest BCUT2D eigenvalue weighted by atomic mass is 9.58. The molecule has 0 amide bonds. The molecule has 1 saturated heterocycles. The Labute approximate surface area is 142 Å².